The summed E-state index contributed by atoms with van der Waals surface area (Å²) in [6.45, 7) is 6.58. The van der Waals surface area contributed by atoms with Gasteiger partial charge in [-0.3, -0.25) is 4.79 Å². The molecule has 1 N–H and O–H groups in total. The van der Waals surface area contributed by atoms with Gasteiger partial charge in [0, 0.05) is 13.3 Å². The Bertz CT molecular complexity index is 321. The van der Waals surface area contributed by atoms with Crippen molar-refractivity contribution in [1.82, 2.24) is 0 Å². The van der Waals surface area contributed by atoms with Gasteiger partial charge in [0.05, 0.1) is 11.7 Å². The second-order valence-electron chi connectivity index (χ2n) is 5.07. The van der Waals surface area contributed by atoms with Gasteiger partial charge in [0.15, 0.2) is 0 Å². The maximum atomic E-state index is 11.1. The monoisotopic (exact) mass is 306 g/mol. The van der Waals surface area contributed by atoms with Crippen LogP contribution >= 0.6 is 15.9 Å². The maximum Gasteiger partial charge on any atom is 0.303 e. The number of aliphatic hydroxyl groups is 1. The standard InChI is InChI=1S/C12H19BrO4/c1-8(14)16-10-7-9(11(2,3)15)17-12(10,4)5-6-13/h5-6,9-10,15H,7H2,1-4H3/b6-5+/t9-,10-,12+/m0/s1. The first kappa shape index (κ1) is 14.7. The molecule has 3 atom stereocenters. The summed E-state index contributed by atoms with van der Waals surface area (Å²) in [4.78, 5) is 12.7. The summed E-state index contributed by atoms with van der Waals surface area (Å²) >= 11 is 3.20. The van der Waals surface area contributed by atoms with Crippen molar-refractivity contribution in [3.63, 3.8) is 0 Å². The zero-order valence-corrected chi connectivity index (χ0v) is 12.2. The number of carbonyl (C=O) groups excluding carboxylic acids is 1. The van der Waals surface area contributed by atoms with Crippen molar-refractivity contribution in [2.45, 2.75) is 57.5 Å². The van der Waals surface area contributed by atoms with Crippen LogP contribution in [0.1, 0.15) is 34.1 Å². The fourth-order valence-corrected chi connectivity index (χ4v) is 2.45. The number of halogens is 1. The van der Waals surface area contributed by atoms with Gasteiger partial charge in [0.1, 0.15) is 11.7 Å². The van der Waals surface area contributed by atoms with Crippen LogP contribution < -0.4 is 0 Å². The Morgan fingerprint density at radius 2 is 2.24 bits per heavy atom. The molecule has 1 aliphatic rings. The molecule has 1 aliphatic heterocycles. The summed E-state index contributed by atoms with van der Waals surface area (Å²) < 4.78 is 11.1. The van der Waals surface area contributed by atoms with Crippen molar-refractivity contribution < 1.29 is 19.4 Å². The molecule has 0 aromatic carbocycles. The minimum atomic E-state index is -0.962. The smallest absolute Gasteiger partial charge is 0.303 e. The SMILES string of the molecule is CC(=O)O[C@H]1C[C@@H](C(C)(C)O)O[C@]1(C)/C=C/Br. The third-order valence-corrected chi connectivity index (χ3v) is 3.22. The van der Waals surface area contributed by atoms with E-state index in [0.717, 1.165) is 0 Å². The number of rotatable bonds is 3. The molecular weight excluding hydrogens is 288 g/mol. The quantitative estimate of drug-likeness (QED) is 0.812. The molecule has 5 heteroatoms. The highest BCUT2D eigenvalue weighted by Crippen LogP contribution is 2.38. The van der Waals surface area contributed by atoms with E-state index in [9.17, 15) is 9.90 Å². The predicted molar refractivity (Wildman–Crippen MR) is 67.8 cm³/mol. The average Bonchev–Trinajstić information content (AvgIpc) is 2.43. The Kier molecular flexibility index (Phi) is 4.38. The fourth-order valence-electron chi connectivity index (χ4n) is 1.93. The first-order valence-electron chi connectivity index (χ1n) is 5.54. The van der Waals surface area contributed by atoms with Crippen molar-refractivity contribution in [3.8, 4) is 0 Å². The molecule has 1 heterocycles. The van der Waals surface area contributed by atoms with E-state index >= 15 is 0 Å². The summed E-state index contributed by atoms with van der Waals surface area (Å²) in [6.07, 6.45) is 1.52. The van der Waals surface area contributed by atoms with E-state index in [1.165, 1.54) is 6.92 Å². The third kappa shape index (κ3) is 3.53. The second kappa shape index (κ2) is 5.08. The van der Waals surface area contributed by atoms with E-state index in [1.807, 2.05) is 6.92 Å². The molecule has 0 aromatic heterocycles. The molecular formula is C12H19BrO4. The van der Waals surface area contributed by atoms with Gasteiger partial charge < -0.3 is 14.6 Å². The van der Waals surface area contributed by atoms with Gasteiger partial charge in [-0.05, 0) is 31.8 Å². The first-order valence-corrected chi connectivity index (χ1v) is 6.46. The van der Waals surface area contributed by atoms with Crippen LogP contribution in [-0.4, -0.2) is 34.5 Å². The topological polar surface area (TPSA) is 55.8 Å². The lowest BCUT2D eigenvalue weighted by Gasteiger charge is -2.29. The molecule has 1 saturated heterocycles. The molecule has 17 heavy (non-hydrogen) atoms. The van der Waals surface area contributed by atoms with Crippen molar-refractivity contribution in [2.75, 3.05) is 0 Å². The van der Waals surface area contributed by atoms with Gasteiger partial charge in [-0.25, -0.2) is 0 Å². The lowest BCUT2D eigenvalue weighted by molar-refractivity contribution is -0.153. The van der Waals surface area contributed by atoms with Crippen molar-refractivity contribution in [2.24, 2.45) is 0 Å². The molecule has 1 rings (SSSR count). The van der Waals surface area contributed by atoms with Crippen LogP contribution in [0.25, 0.3) is 0 Å². The molecule has 4 nitrogen and oxygen atoms in total. The van der Waals surface area contributed by atoms with E-state index in [1.54, 1.807) is 24.9 Å². The van der Waals surface area contributed by atoms with E-state index in [2.05, 4.69) is 15.9 Å². The number of carbonyl (C=O) groups is 1. The highest BCUT2D eigenvalue weighted by molar-refractivity contribution is 9.11. The molecule has 0 aromatic rings. The van der Waals surface area contributed by atoms with Crippen LogP contribution in [0.5, 0.6) is 0 Å². The Hall–Kier alpha value is -0.390. The lowest BCUT2D eigenvalue weighted by Crippen LogP contribution is -2.38. The largest absolute Gasteiger partial charge is 0.459 e. The molecule has 0 amide bonds. The van der Waals surface area contributed by atoms with Gasteiger partial charge in [-0.2, -0.15) is 0 Å². The molecule has 0 bridgehead atoms. The van der Waals surface area contributed by atoms with Crippen LogP contribution in [0.3, 0.4) is 0 Å². The Balaban J connectivity index is 2.90. The summed E-state index contributed by atoms with van der Waals surface area (Å²) in [7, 11) is 0. The Labute approximate surface area is 110 Å². The molecule has 0 radical (unpaired) electrons. The molecule has 1 fully saturated rings. The molecule has 0 unspecified atom stereocenters. The first-order chi connectivity index (χ1) is 7.69. The maximum absolute atomic E-state index is 11.1. The van der Waals surface area contributed by atoms with E-state index in [0.29, 0.717) is 6.42 Å². The van der Waals surface area contributed by atoms with Gasteiger partial charge >= 0.3 is 5.97 Å². The lowest BCUT2D eigenvalue weighted by atomic mass is 9.94. The normalized spacial score (nSPS) is 34.2. The Morgan fingerprint density at radius 1 is 1.65 bits per heavy atom. The van der Waals surface area contributed by atoms with Crippen molar-refractivity contribution in [3.05, 3.63) is 11.1 Å². The van der Waals surface area contributed by atoms with Gasteiger partial charge in [0.2, 0.25) is 0 Å². The van der Waals surface area contributed by atoms with Crippen LogP contribution in [0, 0.1) is 0 Å². The fraction of sp³-hybridized carbons (Fsp3) is 0.750. The summed E-state index contributed by atoms with van der Waals surface area (Å²) in [5, 5.41) is 9.97. The summed E-state index contributed by atoms with van der Waals surface area (Å²) in [6, 6.07) is 0. The molecule has 98 valence electrons. The average molecular weight is 307 g/mol. The molecule has 0 spiro atoms. The highest BCUT2D eigenvalue weighted by atomic mass is 79.9. The highest BCUT2D eigenvalue weighted by Gasteiger charge is 2.49. The summed E-state index contributed by atoms with van der Waals surface area (Å²) in [5.74, 6) is -0.343. The van der Waals surface area contributed by atoms with Crippen LogP contribution in [0.15, 0.2) is 11.1 Å². The van der Waals surface area contributed by atoms with Crippen LogP contribution in [-0.2, 0) is 14.3 Å². The van der Waals surface area contributed by atoms with E-state index < -0.39 is 11.2 Å². The third-order valence-electron chi connectivity index (χ3n) is 2.95. The van der Waals surface area contributed by atoms with Crippen molar-refractivity contribution in [1.29, 1.82) is 0 Å². The predicted octanol–water partition coefficient (Wildman–Crippen LogP) is 2.15. The van der Waals surface area contributed by atoms with Gasteiger partial charge in [-0.15, -0.1) is 0 Å². The van der Waals surface area contributed by atoms with Crippen LogP contribution in [0.2, 0.25) is 0 Å². The number of hydrogen-bond donors (Lipinski definition) is 1. The number of ether oxygens (including phenoxy) is 2. The van der Waals surface area contributed by atoms with Gasteiger partial charge in [-0.1, -0.05) is 15.9 Å². The summed E-state index contributed by atoms with van der Waals surface area (Å²) in [5.41, 5.74) is -1.67. The zero-order valence-electron chi connectivity index (χ0n) is 10.6. The van der Waals surface area contributed by atoms with Gasteiger partial charge in [0.25, 0.3) is 0 Å². The number of esters is 1. The Morgan fingerprint density at radius 3 is 2.65 bits per heavy atom. The minimum Gasteiger partial charge on any atom is -0.459 e. The number of hydrogen-bond acceptors (Lipinski definition) is 4. The minimum absolute atomic E-state index is 0.343. The second-order valence-corrected chi connectivity index (χ2v) is 5.60. The molecule has 0 aliphatic carbocycles. The van der Waals surface area contributed by atoms with Crippen molar-refractivity contribution >= 4 is 21.9 Å². The van der Waals surface area contributed by atoms with Crippen LogP contribution in [0.4, 0.5) is 0 Å². The van der Waals surface area contributed by atoms with E-state index in [-0.39, 0.29) is 18.2 Å². The van der Waals surface area contributed by atoms with E-state index in [4.69, 9.17) is 9.47 Å². The zero-order chi connectivity index (χ0) is 13.3. The molecule has 0 saturated carbocycles.